The highest BCUT2D eigenvalue weighted by molar-refractivity contribution is 5.75. The molecule has 128 valence electrons. The van der Waals surface area contributed by atoms with E-state index in [9.17, 15) is 4.79 Å². The van der Waals surface area contributed by atoms with Gasteiger partial charge in [-0.25, -0.2) is 0 Å². The molecule has 1 amide bonds. The monoisotopic (exact) mass is 299 g/mol. The zero-order valence-electron chi connectivity index (χ0n) is 15.8. The van der Waals surface area contributed by atoms with Crippen molar-refractivity contribution < 1.29 is 4.79 Å². The summed E-state index contributed by atoms with van der Waals surface area (Å²) in [5.74, 6) is 2.62. The van der Waals surface area contributed by atoms with Crippen LogP contribution in [0.1, 0.15) is 93.4 Å². The highest BCUT2D eigenvalue weighted by atomic mass is 16.1. The van der Waals surface area contributed by atoms with Crippen molar-refractivity contribution in [2.24, 2.45) is 17.8 Å². The van der Waals surface area contributed by atoms with Gasteiger partial charge in [-0.1, -0.05) is 80.6 Å². The van der Waals surface area contributed by atoms with Crippen LogP contribution in [0.4, 0.5) is 0 Å². The minimum atomic E-state index is 0.177. The Hall–Kier alpha value is -0.530. The average Bonchev–Trinajstić information content (AvgIpc) is 2.45. The molecule has 0 heterocycles. The predicted molar refractivity (Wildman–Crippen MR) is 95.5 cm³/mol. The van der Waals surface area contributed by atoms with Gasteiger partial charge in [-0.05, 0) is 24.2 Å². The highest BCUT2D eigenvalue weighted by Crippen LogP contribution is 2.16. The lowest BCUT2D eigenvalue weighted by molar-refractivity contribution is -0.121. The van der Waals surface area contributed by atoms with Crippen LogP contribution in [0.25, 0.3) is 0 Å². The molecule has 0 aliphatic heterocycles. The van der Waals surface area contributed by atoms with Gasteiger partial charge in [0.2, 0.25) is 5.91 Å². The number of amides is 1. The molecular formula is C19H41NO. The van der Waals surface area contributed by atoms with Gasteiger partial charge in [0.25, 0.3) is 0 Å². The Bertz CT molecular complexity index is 216. The van der Waals surface area contributed by atoms with Crippen molar-refractivity contribution in [3.05, 3.63) is 0 Å². The molecule has 21 heavy (non-hydrogen) atoms. The van der Waals surface area contributed by atoms with Crippen LogP contribution in [0.15, 0.2) is 0 Å². The molecule has 2 nitrogen and oxygen atoms in total. The molecule has 1 N–H and O–H groups in total. The Balaban J connectivity index is 0. The van der Waals surface area contributed by atoms with Gasteiger partial charge in [0, 0.05) is 13.0 Å². The van der Waals surface area contributed by atoms with Crippen molar-refractivity contribution in [2.75, 3.05) is 6.54 Å². The van der Waals surface area contributed by atoms with Crippen molar-refractivity contribution >= 4 is 5.91 Å². The van der Waals surface area contributed by atoms with Gasteiger partial charge in [0.15, 0.2) is 0 Å². The molecule has 0 aliphatic carbocycles. The summed E-state index contributed by atoms with van der Waals surface area (Å²) in [6, 6.07) is 0. The van der Waals surface area contributed by atoms with Crippen molar-refractivity contribution in [3.63, 3.8) is 0 Å². The molecule has 0 aromatic rings. The van der Waals surface area contributed by atoms with E-state index >= 15 is 0 Å². The van der Waals surface area contributed by atoms with Crippen LogP contribution in [0.5, 0.6) is 0 Å². The van der Waals surface area contributed by atoms with Crippen molar-refractivity contribution in [1.82, 2.24) is 5.32 Å². The Labute approximate surface area is 134 Å². The third-order valence-corrected chi connectivity index (χ3v) is 3.97. The molecular weight excluding hydrogens is 258 g/mol. The van der Waals surface area contributed by atoms with Crippen LogP contribution in [0, 0.1) is 17.8 Å². The molecule has 0 aromatic heterocycles. The van der Waals surface area contributed by atoms with Gasteiger partial charge >= 0.3 is 0 Å². The lowest BCUT2D eigenvalue weighted by Crippen LogP contribution is -2.26. The molecule has 2 heteroatoms. The summed E-state index contributed by atoms with van der Waals surface area (Å²) in [6.45, 7) is 16.3. The normalized spacial score (nSPS) is 13.3. The Morgan fingerprint density at radius 2 is 1.38 bits per heavy atom. The molecule has 0 fully saturated rings. The summed E-state index contributed by atoms with van der Waals surface area (Å²) in [5.41, 5.74) is 0. The molecule has 0 radical (unpaired) electrons. The second-order valence-electron chi connectivity index (χ2n) is 6.91. The van der Waals surface area contributed by atoms with E-state index < -0.39 is 0 Å². The standard InChI is InChI=1S/C11H24.C8H17NO/c1-5-10(3)8-7-9-11(4)6-2;1-4-5-8(10)9-6-7(2)3/h10-11H,5-9H2,1-4H3;7H,4-6H2,1-3H3,(H,9,10). The highest BCUT2D eigenvalue weighted by Gasteiger charge is 2.01. The number of carbonyl (C=O) groups is 1. The first-order valence-electron chi connectivity index (χ1n) is 9.13. The summed E-state index contributed by atoms with van der Waals surface area (Å²) in [6.07, 6.45) is 8.59. The van der Waals surface area contributed by atoms with Gasteiger partial charge in [-0.15, -0.1) is 0 Å². The molecule has 2 unspecified atom stereocenters. The molecule has 0 aliphatic rings. The van der Waals surface area contributed by atoms with E-state index in [1.54, 1.807) is 0 Å². The molecule has 2 atom stereocenters. The fourth-order valence-corrected chi connectivity index (χ4v) is 1.86. The van der Waals surface area contributed by atoms with Crippen LogP contribution < -0.4 is 5.32 Å². The fourth-order valence-electron chi connectivity index (χ4n) is 1.86. The van der Waals surface area contributed by atoms with Crippen molar-refractivity contribution in [2.45, 2.75) is 93.4 Å². The topological polar surface area (TPSA) is 29.1 Å². The number of hydrogen-bond acceptors (Lipinski definition) is 1. The average molecular weight is 300 g/mol. The molecule has 0 saturated heterocycles. The minimum absolute atomic E-state index is 0.177. The third-order valence-electron chi connectivity index (χ3n) is 3.97. The van der Waals surface area contributed by atoms with E-state index in [0.29, 0.717) is 12.3 Å². The zero-order valence-corrected chi connectivity index (χ0v) is 15.8. The van der Waals surface area contributed by atoms with Gasteiger partial charge in [-0.3, -0.25) is 4.79 Å². The largest absolute Gasteiger partial charge is 0.356 e. The van der Waals surface area contributed by atoms with Crippen LogP contribution in [-0.2, 0) is 4.79 Å². The van der Waals surface area contributed by atoms with Crippen molar-refractivity contribution in [3.8, 4) is 0 Å². The van der Waals surface area contributed by atoms with E-state index in [2.05, 4.69) is 46.9 Å². The zero-order chi connectivity index (χ0) is 16.7. The van der Waals surface area contributed by atoms with Crippen LogP contribution in [0.3, 0.4) is 0 Å². The van der Waals surface area contributed by atoms with Crippen LogP contribution >= 0.6 is 0 Å². The maximum atomic E-state index is 10.8. The Kier molecular flexibility index (Phi) is 17.2. The smallest absolute Gasteiger partial charge is 0.219 e. The summed E-state index contributed by atoms with van der Waals surface area (Å²) in [4.78, 5) is 10.8. The Morgan fingerprint density at radius 1 is 0.905 bits per heavy atom. The van der Waals surface area contributed by atoms with Gasteiger partial charge in [0.1, 0.15) is 0 Å². The van der Waals surface area contributed by atoms with Gasteiger partial charge in [-0.2, -0.15) is 0 Å². The molecule has 0 rings (SSSR count). The summed E-state index contributed by atoms with van der Waals surface area (Å²) in [5, 5.41) is 2.84. The minimum Gasteiger partial charge on any atom is -0.356 e. The van der Waals surface area contributed by atoms with Gasteiger partial charge < -0.3 is 5.32 Å². The fraction of sp³-hybridized carbons (Fsp3) is 0.947. The predicted octanol–water partition coefficient (Wildman–Crippen LogP) is 5.81. The van der Waals surface area contributed by atoms with Crippen molar-refractivity contribution in [1.29, 1.82) is 0 Å². The van der Waals surface area contributed by atoms with Crippen LogP contribution in [-0.4, -0.2) is 12.5 Å². The number of hydrogen-bond donors (Lipinski definition) is 1. The summed E-state index contributed by atoms with van der Waals surface area (Å²) in [7, 11) is 0. The summed E-state index contributed by atoms with van der Waals surface area (Å²) < 4.78 is 0. The molecule has 0 aromatic carbocycles. The quantitative estimate of drug-likeness (QED) is 0.542. The first-order valence-corrected chi connectivity index (χ1v) is 9.13. The van der Waals surface area contributed by atoms with Crippen LogP contribution in [0.2, 0.25) is 0 Å². The van der Waals surface area contributed by atoms with E-state index in [4.69, 9.17) is 0 Å². The molecule has 0 spiro atoms. The maximum Gasteiger partial charge on any atom is 0.219 e. The van der Waals surface area contributed by atoms with Gasteiger partial charge in [0.05, 0.1) is 0 Å². The van der Waals surface area contributed by atoms with E-state index in [1.807, 2.05) is 6.92 Å². The lowest BCUT2D eigenvalue weighted by Gasteiger charge is -2.10. The number of carbonyl (C=O) groups excluding carboxylic acids is 1. The summed E-state index contributed by atoms with van der Waals surface area (Å²) >= 11 is 0. The number of rotatable bonds is 10. The lowest BCUT2D eigenvalue weighted by atomic mass is 9.96. The molecule has 0 bridgehead atoms. The number of nitrogens with one attached hydrogen (secondary N) is 1. The van der Waals surface area contributed by atoms with E-state index in [-0.39, 0.29) is 5.91 Å². The SMILES string of the molecule is CCC(C)CCCC(C)CC.CCCC(=O)NCC(C)C. The molecule has 0 saturated carbocycles. The van der Waals surface area contributed by atoms with E-state index in [0.717, 1.165) is 24.8 Å². The first kappa shape index (κ1) is 22.7. The Morgan fingerprint density at radius 3 is 1.71 bits per heavy atom. The second-order valence-corrected chi connectivity index (χ2v) is 6.91. The van der Waals surface area contributed by atoms with E-state index in [1.165, 1.54) is 32.1 Å². The second kappa shape index (κ2) is 15.9. The maximum absolute atomic E-state index is 10.8. The third kappa shape index (κ3) is 19.5. The first-order chi connectivity index (χ1) is 9.87.